The molecule has 0 rings (SSSR count). The number of hydrogen-bond donors (Lipinski definition) is 3. The molecule has 0 bridgehead atoms. The summed E-state index contributed by atoms with van der Waals surface area (Å²) in [5.41, 5.74) is 5.45. The fraction of sp³-hybridized carbons (Fsp3) is 1.00. The van der Waals surface area contributed by atoms with Crippen LogP contribution in [0.4, 0.5) is 0 Å². The fourth-order valence-electron chi connectivity index (χ4n) is 1.23. The van der Waals surface area contributed by atoms with Crippen molar-refractivity contribution in [2.45, 2.75) is 40.2 Å². The Bertz CT molecular complexity index is 276. The van der Waals surface area contributed by atoms with E-state index >= 15 is 0 Å². The normalized spacial score (nSPS) is 14.7. The van der Waals surface area contributed by atoms with Gasteiger partial charge in [0.25, 0.3) is 10.2 Å². The van der Waals surface area contributed by atoms with Crippen molar-refractivity contribution < 1.29 is 8.42 Å². The van der Waals surface area contributed by atoms with Crippen LogP contribution in [0.3, 0.4) is 0 Å². The first-order valence-electron chi connectivity index (χ1n) is 5.75. The van der Waals surface area contributed by atoms with E-state index in [0.717, 1.165) is 0 Å². The van der Waals surface area contributed by atoms with Crippen LogP contribution in [0.5, 0.6) is 0 Å². The number of nitrogens with one attached hydrogen (secondary N) is 2. The topological polar surface area (TPSA) is 84.2 Å². The van der Waals surface area contributed by atoms with E-state index in [9.17, 15) is 8.42 Å². The van der Waals surface area contributed by atoms with E-state index in [-0.39, 0.29) is 12.0 Å². The Morgan fingerprint density at radius 3 is 2.12 bits per heavy atom. The second-order valence-corrected chi connectivity index (χ2v) is 6.32. The van der Waals surface area contributed by atoms with Crippen LogP contribution in [0.1, 0.15) is 34.1 Å². The van der Waals surface area contributed by atoms with E-state index in [2.05, 4.69) is 9.44 Å². The van der Waals surface area contributed by atoms with Gasteiger partial charge in [-0.1, -0.05) is 27.7 Å². The van der Waals surface area contributed by atoms with Crippen molar-refractivity contribution >= 4 is 10.2 Å². The van der Waals surface area contributed by atoms with Gasteiger partial charge in [-0.2, -0.15) is 13.1 Å². The summed E-state index contributed by atoms with van der Waals surface area (Å²) in [5.74, 6) is 0.530. The Hall–Kier alpha value is -0.170. The van der Waals surface area contributed by atoms with Crippen LogP contribution in [-0.2, 0) is 10.2 Å². The van der Waals surface area contributed by atoms with Crippen LogP contribution in [0.15, 0.2) is 0 Å². The lowest BCUT2D eigenvalue weighted by Gasteiger charge is -2.22. The summed E-state index contributed by atoms with van der Waals surface area (Å²) in [6, 6.07) is -0.102. The van der Waals surface area contributed by atoms with Gasteiger partial charge < -0.3 is 5.73 Å². The number of rotatable bonds is 8. The largest absolute Gasteiger partial charge is 0.330 e. The van der Waals surface area contributed by atoms with Gasteiger partial charge in [0.1, 0.15) is 0 Å². The number of nitrogens with two attached hydrogens (primary N) is 1. The molecule has 0 aliphatic carbocycles. The molecule has 0 aromatic rings. The molecule has 98 valence electrons. The average molecular weight is 251 g/mol. The minimum absolute atomic E-state index is 0.102. The van der Waals surface area contributed by atoms with E-state index in [1.807, 2.05) is 27.7 Å². The van der Waals surface area contributed by atoms with Gasteiger partial charge in [-0.15, -0.1) is 0 Å². The van der Waals surface area contributed by atoms with E-state index in [0.29, 0.717) is 25.4 Å². The number of hydrogen-bond acceptors (Lipinski definition) is 3. The third-order valence-electron chi connectivity index (χ3n) is 2.27. The highest BCUT2D eigenvalue weighted by Crippen LogP contribution is 2.06. The second kappa shape index (κ2) is 7.21. The van der Waals surface area contributed by atoms with Crippen molar-refractivity contribution in [3.63, 3.8) is 0 Å². The van der Waals surface area contributed by atoms with Crippen molar-refractivity contribution in [2.24, 2.45) is 17.6 Å². The van der Waals surface area contributed by atoms with Gasteiger partial charge in [0.2, 0.25) is 0 Å². The van der Waals surface area contributed by atoms with Gasteiger partial charge >= 0.3 is 0 Å². The Balaban J connectivity index is 4.30. The molecule has 4 N–H and O–H groups in total. The summed E-state index contributed by atoms with van der Waals surface area (Å²) in [6.45, 7) is 8.81. The molecule has 0 fully saturated rings. The van der Waals surface area contributed by atoms with Crippen molar-refractivity contribution in [3.8, 4) is 0 Å². The molecule has 16 heavy (non-hydrogen) atoms. The molecule has 0 aromatic carbocycles. The first-order chi connectivity index (χ1) is 7.28. The molecule has 6 heteroatoms. The lowest BCUT2D eigenvalue weighted by molar-refractivity contribution is 0.424. The smallest absolute Gasteiger partial charge is 0.277 e. The minimum Gasteiger partial charge on any atom is -0.330 e. The van der Waals surface area contributed by atoms with Gasteiger partial charge in [0.15, 0.2) is 0 Å². The van der Waals surface area contributed by atoms with Crippen LogP contribution in [0.25, 0.3) is 0 Å². The first-order valence-corrected chi connectivity index (χ1v) is 7.23. The maximum absolute atomic E-state index is 11.7. The van der Waals surface area contributed by atoms with Gasteiger partial charge in [0, 0.05) is 12.6 Å². The van der Waals surface area contributed by atoms with Crippen molar-refractivity contribution in [3.05, 3.63) is 0 Å². The predicted octanol–water partition coefficient (Wildman–Crippen LogP) is 0.440. The van der Waals surface area contributed by atoms with Crippen LogP contribution in [0.2, 0.25) is 0 Å². The summed E-state index contributed by atoms with van der Waals surface area (Å²) in [5, 5.41) is 0. The molecule has 0 radical (unpaired) electrons. The zero-order chi connectivity index (χ0) is 12.8. The minimum atomic E-state index is -3.40. The van der Waals surface area contributed by atoms with Crippen molar-refractivity contribution in [2.75, 3.05) is 13.1 Å². The molecular formula is C10H25N3O2S. The van der Waals surface area contributed by atoms with Gasteiger partial charge in [-0.25, -0.2) is 4.72 Å². The first kappa shape index (κ1) is 15.8. The standard InChI is InChI=1S/C10H25N3O2S/c1-8(2)7-12-16(14,15)13-10(5-6-11)9(3)4/h8-10,12-13H,5-7,11H2,1-4H3. The summed E-state index contributed by atoms with van der Waals surface area (Å²) in [4.78, 5) is 0. The molecule has 0 spiro atoms. The zero-order valence-electron chi connectivity index (χ0n) is 10.7. The van der Waals surface area contributed by atoms with E-state index in [4.69, 9.17) is 5.73 Å². The molecule has 0 aliphatic heterocycles. The third kappa shape index (κ3) is 7.16. The van der Waals surface area contributed by atoms with Gasteiger partial charge in [-0.3, -0.25) is 0 Å². The predicted molar refractivity (Wildman–Crippen MR) is 67.2 cm³/mol. The van der Waals surface area contributed by atoms with Crippen LogP contribution < -0.4 is 15.2 Å². The van der Waals surface area contributed by atoms with E-state index < -0.39 is 10.2 Å². The van der Waals surface area contributed by atoms with Crippen molar-refractivity contribution in [1.29, 1.82) is 0 Å². The SMILES string of the molecule is CC(C)CNS(=O)(=O)NC(CCN)C(C)C. The highest BCUT2D eigenvalue weighted by Gasteiger charge is 2.19. The Morgan fingerprint density at radius 2 is 1.75 bits per heavy atom. The molecule has 0 aromatic heterocycles. The monoisotopic (exact) mass is 251 g/mol. The zero-order valence-corrected chi connectivity index (χ0v) is 11.5. The molecule has 0 heterocycles. The second-order valence-electron chi connectivity index (χ2n) is 4.79. The van der Waals surface area contributed by atoms with Crippen LogP contribution in [0, 0.1) is 11.8 Å². The summed E-state index contributed by atoms with van der Waals surface area (Å²) < 4.78 is 28.5. The molecule has 1 unspecified atom stereocenters. The lowest BCUT2D eigenvalue weighted by Crippen LogP contribution is -2.46. The molecule has 0 aliphatic rings. The fourth-order valence-corrected chi connectivity index (χ4v) is 2.65. The van der Waals surface area contributed by atoms with Gasteiger partial charge in [0.05, 0.1) is 0 Å². The molecule has 1 atom stereocenters. The maximum atomic E-state index is 11.7. The third-order valence-corrected chi connectivity index (χ3v) is 3.43. The van der Waals surface area contributed by atoms with Crippen molar-refractivity contribution in [1.82, 2.24) is 9.44 Å². The summed E-state index contributed by atoms with van der Waals surface area (Å²) in [6.07, 6.45) is 0.653. The Morgan fingerprint density at radius 1 is 1.19 bits per heavy atom. The highest BCUT2D eigenvalue weighted by molar-refractivity contribution is 7.87. The Labute approximate surface area is 99.4 Å². The molecule has 0 amide bonds. The van der Waals surface area contributed by atoms with E-state index in [1.54, 1.807) is 0 Å². The maximum Gasteiger partial charge on any atom is 0.277 e. The molecular weight excluding hydrogens is 226 g/mol. The molecule has 0 saturated carbocycles. The lowest BCUT2D eigenvalue weighted by atomic mass is 10.0. The van der Waals surface area contributed by atoms with Gasteiger partial charge in [-0.05, 0) is 24.8 Å². The molecule has 5 nitrogen and oxygen atoms in total. The molecule has 0 saturated heterocycles. The summed E-state index contributed by atoms with van der Waals surface area (Å²) >= 11 is 0. The quantitative estimate of drug-likeness (QED) is 0.585. The van der Waals surface area contributed by atoms with Crippen LogP contribution >= 0.6 is 0 Å². The van der Waals surface area contributed by atoms with E-state index in [1.165, 1.54) is 0 Å². The van der Waals surface area contributed by atoms with Crippen LogP contribution in [-0.4, -0.2) is 27.5 Å². The highest BCUT2D eigenvalue weighted by atomic mass is 32.2. The average Bonchev–Trinajstić information content (AvgIpc) is 2.14. The Kier molecular flexibility index (Phi) is 7.14. The summed E-state index contributed by atoms with van der Waals surface area (Å²) in [7, 11) is -3.40.